The highest BCUT2D eigenvalue weighted by Crippen LogP contribution is 2.28. The maximum Gasteiger partial charge on any atom is 0.272 e. The normalized spacial score (nSPS) is 19.4. The van der Waals surface area contributed by atoms with Crippen molar-refractivity contribution in [2.45, 2.75) is 37.1 Å². The summed E-state index contributed by atoms with van der Waals surface area (Å²) in [6.45, 7) is 3.75. The van der Waals surface area contributed by atoms with E-state index < -0.39 is 16.1 Å². The Morgan fingerprint density at radius 3 is 2.57 bits per heavy atom. The molecule has 2 heterocycles. The Bertz CT molecular complexity index is 605. The van der Waals surface area contributed by atoms with E-state index in [4.69, 9.17) is 0 Å². The van der Waals surface area contributed by atoms with Crippen LogP contribution in [0.25, 0.3) is 0 Å². The first kappa shape index (κ1) is 16.3. The SMILES string of the molecule is CC(=O)Nc1nnc(S(=O)(=O)N2CCC(C(C)O)CC2)s1. The Hall–Kier alpha value is -1.10. The molecule has 2 N–H and O–H groups in total. The second kappa shape index (κ2) is 6.34. The summed E-state index contributed by atoms with van der Waals surface area (Å²) in [4.78, 5) is 10.9. The second-order valence-electron chi connectivity index (χ2n) is 5.04. The topological polar surface area (TPSA) is 112 Å². The number of sulfonamides is 1. The summed E-state index contributed by atoms with van der Waals surface area (Å²) in [5, 5.41) is 19.4. The number of rotatable bonds is 4. The monoisotopic (exact) mass is 334 g/mol. The number of piperidine rings is 1. The number of nitrogens with zero attached hydrogens (tertiary/aromatic N) is 3. The fourth-order valence-electron chi connectivity index (χ4n) is 2.22. The summed E-state index contributed by atoms with van der Waals surface area (Å²) >= 11 is 0.836. The predicted octanol–water partition coefficient (Wildman–Crippen LogP) is 0.278. The number of aliphatic hydroxyl groups is 1. The molecule has 1 amide bonds. The number of aromatic nitrogens is 2. The second-order valence-corrected chi connectivity index (χ2v) is 8.13. The minimum Gasteiger partial charge on any atom is -0.393 e. The zero-order valence-corrected chi connectivity index (χ0v) is 13.4. The molecule has 0 aliphatic carbocycles. The number of hydrogen-bond acceptors (Lipinski definition) is 7. The van der Waals surface area contributed by atoms with Gasteiger partial charge in [0.1, 0.15) is 0 Å². The molecule has 8 nitrogen and oxygen atoms in total. The van der Waals surface area contributed by atoms with Crippen molar-refractivity contribution in [3.8, 4) is 0 Å². The van der Waals surface area contributed by atoms with Crippen molar-refractivity contribution >= 4 is 32.4 Å². The molecule has 0 bridgehead atoms. The van der Waals surface area contributed by atoms with Gasteiger partial charge in [0.15, 0.2) is 0 Å². The third-order valence-electron chi connectivity index (χ3n) is 3.43. The van der Waals surface area contributed by atoms with E-state index in [2.05, 4.69) is 15.5 Å². The van der Waals surface area contributed by atoms with Gasteiger partial charge in [-0.15, -0.1) is 10.2 Å². The van der Waals surface area contributed by atoms with Crippen LogP contribution in [0, 0.1) is 5.92 Å². The van der Waals surface area contributed by atoms with Crippen LogP contribution in [0.2, 0.25) is 0 Å². The van der Waals surface area contributed by atoms with Gasteiger partial charge in [0, 0.05) is 20.0 Å². The van der Waals surface area contributed by atoms with E-state index in [0.717, 1.165) is 11.3 Å². The fraction of sp³-hybridized carbons (Fsp3) is 0.727. The van der Waals surface area contributed by atoms with E-state index in [1.165, 1.54) is 11.2 Å². The van der Waals surface area contributed by atoms with Crippen LogP contribution >= 0.6 is 11.3 Å². The summed E-state index contributed by atoms with van der Waals surface area (Å²) in [5.41, 5.74) is 0. The maximum atomic E-state index is 12.4. The van der Waals surface area contributed by atoms with Gasteiger partial charge in [-0.05, 0) is 25.7 Å². The molecule has 21 heavy (non-hydrogen) atoms. The van der Waals surface area contributed by atoms with E-state index in [-0.39, 0.29) is 21.3 Å². The molecule has 1 aromatic heterocycles. The number of anilines is 1. The standard InChI is InChI=1S/C11H18N4O4S2/c1-7(16)9-3-5-15(6-4-9)21(18,19)11-14-13-10(20-11)12-8(2)17/h7,9,16H,3-6H2,1-2H3,(H,12,13,17). The van der Waals surface area contributed by atoms with Crippen molar-refractivity contribution < 1.29 is 18.3 Å². The van der Waals surface area contributed by atoms with Crippen LogP contribution in [-0.4, -0.2) is 53.1 Å². The van der Waals surface area contributed by atoms with E-state index in [0.29, 0.717) is 25.9 Å². The molecule has 1 saturated heterocycles. The summed E-state index contributed by atoms with van der Waals surface area (Å²) in [5.74, 6) is -0.200. The Balaban J connectivity index is 2.08. The van der Waals surface area contributed by atoms with E-state index in [9.17, 15) is 18.3 Å². The number of aliphatic hydroxyl groups excluding tert-OH is 1. The summed E-state index contributed by atoms with van der Waals surface area (Å²) < 4.78 is 26.1. The highest BCUT2D eigenvalue weighted by Gasteiger charge is 2.33. The van der Waals surface area contributed by atoms with Crippen LogP contribution in [0.15, 0.2) is 4.34 Å². The summed E-state index contributed by atoms with van der Waals surface area (Å²) in [7, 11) is -3.68. The van der Waals surface area contributed by atoms with Gasteiger partial charge in [-0.3, -0.25) is 4.79 Å². The highest BCUT2D eigenvalue weighted by atomic mass is 32.2. The quantitative estimate of drug-likeness (QED) is 0.765. The first-order valence-corrected chi connectivity index (χ1v) is 8.85. The zero-order chi connectivity index (χ0) is 15.6. The highest BCUT2D eigenvalue weighted by molar-refractivity contribution is 7.91. The molecule has 1 atom stereocenters. The summed E-state index contributed by atoms with van der Waals surface area (Å²) in [6, 6.07) is 0. The molecule has 1 aliphatic heterocycles. The van der Waals surface area contributed by atoms with Crippen LogP contribution in [0.5, 0.6) is 0 Å². The Labute approximate surface area is 127 Å². The van der Waals surface area contributed by atoms with Gasteiger partial charge in [0.05, 0.1) is 6.10 Å². The number of amides is 1. The fourth-order valence-corrected chi connectivity index (χ4v) is 4.78. The van der Waals surface area contributed by atoms with Crippen molar-refractivity contribution in [3.63, 3.8) is 0 Å². The van der Waals surface area contributed by atoms with Gasteiger partial charge in [-0.1, -0.05) is 11.3 Å². The van der Waals surface area contributed by atoms with Crippen molar-refractivity contribution in [2.75, 3.05) is 18.4 Å². The molecule has 1 aliphatic rings. The Morgan fingerprint density at radius 2 is 2.05 bits per heavy atom. The predicted molar refractivity (Wildman–Crippen MR) is 77.4 cm³/mol. The molecular weight excluding hydrogens is 316 g/mol. The van der Waals surface area contributed by atoms with Gasteiger partial charge in [-0.2, -0.15) is 4.31 Å². The average molecular weight is 334 g/mol. The van der Waals surface area contributed by atoms with Crippen molar-refractivity contribution in [1.29, 1.82) is 0 Å². The van der Waals surface area contributed by atoms with Crippen molar-refractivity contribution in [1.82, 2.24) is 14.5 Å². The summed E-state index contributed by atoms with van der Waals surface area (Å²) in [6.07, 6.45) is 0.811. The van der Waals surface area contributed by atoms with Crippen LogP contribution in [0.3, 0.4) is 0 Å². The molecule has 1 fully saturated rings. The minimum atomic E-state index is -3.68. The Morgan fingerprint density at radius 1 is 1.43 bits per heavy atom. The van der Waals surface area contributed by atoms with E-state index in [1.54, 1.807) is 6.92 Å². The minimum absolute atomic E-state index is 0.123. The average Bonchev–Trinajstić information content (AvgIpc) is 2.87. The van der Waals surface area contributed by atoms with Crippen LogP contribution in [0.4, 0.5) is 5.13 Å². The molecular formula is C11H18N4O4S2. The first-order valence-electron chi connectivity index (χ1n) is 6.60. The molecule has 0 radical (unpaired) electrons. The number of hydrogen-bond donors (Lipinski definition) is 2. The molecule has 0 saturated carbocycles. The molecule has 118 valence electrons. The first-order chi connectivity index (χ1) is 9.80. The van der Waals surface area contributed by atoms with Crippen molar-refractivity contribution in [3.05, 3.63) is 0 Å². The number of nitrogens with one attached hydrogen (secondary N) is 1. The van der Waals surface area contributed by atoms with Gasteiger partial charge in [-0.25, -0.2) is 8.42 Å². The zero-order valence-electron chi connectivity index (χ0n) is 11.8. The largest absolute Gasteiger partial charge is 0.393 e. The van der Waals surface area contributed by atoms with Gasteiger partial charge >= 0.3 is 0 Å². The molecule has 0 aromatic carbocycles. The van der Waals surface area contributed by atoms with Crippen molar-refractivity contribution in [2.24, 2.45) is 5.92 Å². The van der Waals surface area contributed by atoms with Crippen LogP contribution in [-0.2, 0) is 14.8 Å². The third-order valence-corrected chi connectivity index (χ3v) is 6.51. The molecule has 1 unspecified atom stereocenters. The lowest BCUT2D eigenvalue weighted by Gasteiger charge is -2.31. The molecule has 0 spiro atoms. The van der Waals surface area contributed by atoms with Gasteiger partial charge in [0.25, 0.3) is 10.0 Å². The van der Waals surface area contributed by atoms with Crippen LogP contribution in [0.1, 0.15) is 26.7 Å². The number of carbonyl (C=O) groups excluding carboxylic acids is 1. The van der Waals surface area contributed by atoms with E-state index in [1.807, 2.05) is 0 Å². The van der Waals surface area contributed by atoms with Gasteiger partial charge in [0.2, 0.25) is 15.4 Å². The smallest absolute Gasteiger partial charge is 0.272 e. The van der Waals surface area contributed by atoms with Crippen LogP contribution < -0.4 is 5.32 Å². The lowest BCUT2D eigenvalue weighted by molar-refractivity contribution is -0.114. The maximum absolute atomic E-state index is 12.4. The molecule has 2 rings (SSSR count). The third kappa shape index (κ3) is 3.76. The lowest BCUT2D eigenvalue weighted by atomic mass is 9.93. The lowest BCUT2D eigenvalue weighted by Crippen LogP contribution is -2.40. The number of carbonyl (C=O) groups is 1. The Kier molecular flexibility index (Phi) is 4.91. The molecule has 10 heteroatoms. The van der Waals surface area contributed by atoms with Gasteiger partial charge < -0.3 is 10.4 Å². The van der Waals surface area contributed by atoms with E-state index >= 15 is 0 Å². The molecule has 1 aromatic rings.